The minimum Gasteiger partial charge on any atom is -0.506 e. The van der Waals surface area contributed by atoms with E-state index in [1.54, 1.807) is 6.07 Å². The second kappa shape index (κ2) is 5.57. The zero-order valence-electron chi connectivity index (χ0n) is 10.4. The number of anilines is 1. The van der Waals surface area contributed by atoms with Gasteiger partial charge in [-0.15, -0.1) is 0 Å². The molecule has 1 aromatic carbocycles. The highest BCUT2D eigenvalue weighted by Gasteiger charge is 2.24. The number of carbonyl (C=O) groups excluding carboxylic acids is 2. The summed E-state index contributed by atoms with van der Waals surface area (Å²) in [7, 11) is 1.50. The average Bonchev–Trinajstić information content (AvgIpc) is 2.42. The van der Waals surface area contributed by atoms with Gasteiger partial charge in [-0.25, -0.2) is 0 Å². The Bertz CT molecular complexity index is 494. The average molecular weight is 265 g/mol. The topological polar surface area (TPSA) is 99.7 Å². The van der Waals surface area contributed by atoms with Crippen LogP contribution in [0.1, 0.15) is 0 Å². The molecule has 102 valence electrons. The molecule has 0 saturated carbocycles. The van der Waals surface area contributed by atoms with Crippen molar-refractivity contribution < 1.29 is 19.4 Å². The van der Waals surface area contributed by atoms with Crippen molar-refractivity contribution in [3.05, 3.63) is 18.2 Å². The number of amides is 2. The molecule has 1 saturated heterocycles. The fraction of sp³-hybridized carbons (Fsp3) is 0.333. The van der Waals surface area contributed by atoms with E-state index in [9.17, 15) is 14.7 Å². The fourth-order valence-corrected chi connectivity index (χ4v) is 1.71. The molecule has 2 amide bonds. The lowest BCUT2D eigenvalue weighted by Crippen LogP contribution is -2.56. The van der Waals surface area contributed by atoms with E-state index in [2.05, 4.69) is 16.0 Å². The summed E-state index contributed by atoms with van der Waals surface area (Å²) < 4.78 is 5.02. The molecule has 1 fully saturated rings. The zero-order chi connectivity index (χ0) is 13.8. The minimum absolute atomic E-state index is 0.0472. The molecule has 0 bridgehead atoms. The standard InChI is InChI=1S/C12H15N3O4/c1-19-7-2-3-10(16)8(4-7)15-12(18)9-5-14-11(17)6-13-9/h2-4,9,13,16H,5-6H2,1H3,(H,14,17)(H,15,18). The molecule has 1 unspecified atom stereocenters. The Labute approximate surface area is 109 Å². The monoisotopic (exact) mass is 265 g/mol. The van der Waals surface area contributed by atoms with Crippen molar-refractivity contribution >= 4 is 17.5 Å². The lowest BCUT2D eigenvalue weighted by atomic mass is 10.2. The van der Waals surface area contributed by atoms with Crippen LogP contribution in [-0.4, -0.2) is 43.2 Å². The van der Waals surface area contributed by atoms with Crippen molar-refractivity contribution in [2.75, 3.05) is 25.5 Å². The first-order valence-electron chi connectivity index (χ1n) is 5.78. The zero-order valence-corrected chi connectivity index (χ0v) is 10.4. The Kier molecular flexibility index (Phi) is 3.86. The van der Waals surface area contributed by atoms with Gasteiger partial charge < -0.3 is 20.5 Å². The van der Waals surface area contributed by atoms with Crippen molar-refractivity contribution in [3.63, 3.8) is 0 Å². The van der Waals surface area contributed by atoms with Gasteiger partial charge in [-0.05, 0) is 12.1 Å². The van der Waals surface area contributed by atoms with E-state index in [1.165, 1.54) is 19.2 Å². The molecule has 2 rings (SSSR count). The number of methoxy groups -OCH3 is 1. The Morgan fingerprint density at radius 1 is 1.53 bits per heavy atom. The van der Waals surface area contributed by atoms with E-state index in [0.717, 1.165) is 0 Å². The summed E-state index contributed by atoms with van der Waals surface area (Å²) >= 11 is 0. The number of ether oxygens (including phenoxy) is 1. The van der Waals surface area contributed by atoms with Gasteiger partial charge in [0.2, 0.25) is 11.8 Å². The van der Waals surface area contributed by atoms with E-state index in [1.807, 2.05) is 0 Å². The van der Waals surface area contributed by atoms with E-state index < -0.39 is 6.04 Å². The molecule has 0 aromatic heterocycles. The van der Waals surface area contributed by atoms with E-state index >= 15 is 0 Å². The van der Waals surface area contributed by atoms with Crippen LogP contribution in [0.25, 0.3) is 0 Å². The maximum atomic E-state index is 11.9. The highest BCUT2D eigenvalue weighted by molar-refractivity contribution is 5.97. The predicted molar refractivity (Wildman–Crippen MR) is 68.1 cm³/mol. The third-order valence-corrected chi connectivity index (χ3v) is 2.79. The molecule has 0 radical (unpaired) electrons. The quantitative estimate of drug-likeness (QED) is 0.548. The lowest BCUT2D eigenvalue weighted by molar-refractivity contribution is -0.124. The molecule has 1 aliphatic rings. The van der Waals surface area contributed by atoms with Gasteiger partial charge in [0.25, 0.3) is 0 Å². The fourth-order valence-electron chi connectivity index (χ4n) is 1.71. The predicted octanol–water partition coefficient (Wildman–Crippen LogP) is -0.573. The van der Waals surface area contributed by atoms with Crippen LogP contribution in [0.4, 0.5) is 5.69 Å². The molecule has 1 heterocycles. The highest BCUT2D eigenvalue weighted by Crippen LogP contribution is 2.27. The van der Waals surface area contributed by atoms with Gasteiger partial charge in [-0.3, -0.25) is 14.9 Å². The normalized spacial score (nSPS) is 18.6. The van der Waals surface area contributed by atoms with Crippen LogP contribution in [0.5, 0.6) is 11.5 Å². The summed E-state index contributed by atoms with van der Waals surface area (Å²) in [5.74, 6) is 0.00355. The van der Waals surface area contributed by atoms with Crippen molar-refractivity contribution in [1.82, 2.24) is 10.6 Å². The van der Waals surface area contributed by atoms with Crippen LogP contribution in [0, 0.1) is 0 Å². The Balaban J connectivity index is 2.04. The second-order valence-electron chi connectivity index (χ2n) is 4.11. The Morgan fingerprint density at radius 3 is 2.95 bits per heavy atom. The van der Waals surface area contributed by atoms with Gasteiger partial charge in [0.05, 0.1) is 19.3 Å². The van der Waals surface area contributed by atoms with Gasteiger partial charge in [-0.2, -0.15) is 0 Å². The number of benzene rings is 1. The third-order valence-electron chi connectivity index (χ3n) is 2.79. The van der Waals surface area contributed by atoms with Crippen molar-refractivity contribution in [3.8, 4) is 11.5 Å². The maximum Gasteiger partial charge on any atom is 0.243 e. The number of rotatable bonds is 3. The van der Waals surface area contributed by atoms with Crippen LogP contribution >= 0.6 is 0 Å². The van der Waals surface area contributed by atoms with Gasteiger partial charge in [-0.1, -0.05) is 0 Å². The summed E-state index contributed by atoms with van der Waals surface area (Å²) in [5.41, 5.74) is 0.267. The Morgan fingerprint density at radius 2 is 2.32 bits per heavy atom. The summed E-state index contributed by atoms with van der Waals surface area (Å²) in [6.07, 6.45) is 0. The van der Waals surface area contributed by atoms with Gasteiger partial charge in [0.15, 0.2) is 0 Å². The number of piperazine rings is 1. The molecule has 1 aromatic rings. The third kappa shape index (κ3) is 3.14. The van der Waals surface area contributed by atoms with Crippen LogP contribution < -0.4 is 20.7 Å². The minimum atomic E-state index is -0.525. The summed E-state index contributed by atoms with van der Waals surface area (Å²) in [6.45, 7) is 0.317. The maximum absolute atomic E-state index is 11.9. The number of hydrogen-bond acceptors (Lipinski definition) is 5. The summed E-state index contributed by atoms with van der Waals surface area (Å²) in [6, 6.07) is 4.02. The van der Waals surface area contributed by atoms with Crippen molar-refractivity contribution in [1.29, 1.82) is 0 Å². The molecular formula is C12H15N3O4. The lowest BCUT2D eigenvalue weighted by Gasteiger charge is -2.23. The SMILES string of the molecule is COc1ccc(O)c(NC(=O)C2CNC(=O)CN2)c1. The number of carbonyl (C=O) groups is 2. The van der Waals surface area contributed by atoms with Crippen LogP contribution in [0.2, 0.25) is 0 Å². The summed E-state index contributed by atoms with van der Waals surface area (Å²) in [4.78, 5) is 22.9. The van der Waals surface area contributed by atoms with E-state index in [4.69, 9.17) is 4.74 Å². The molecule has 1 atom stereocenters. The van der Waals surface area contributed by atoms with Crippen molar-refractivity contribution in [2.45, 2.75) is 6.04 Å². The number of nitrogens with one attached hydrogen (secondary N) is 3. The first kappa shape index (κ1) is 13.2. The van der Waals surface area contributed by atoms with E-state index in [-0.39, 0.29) is 36.3 Å². The van der Waals surface area contributed by atoms with E-state index in [0.29, 0.717) is 5.75 Å². The Hall–Kier alpha value is -2.28. The van der Waals surface area contributed by atoms with Gasteiger partial charge in [0.1, 0.15) is 17.5 Å². The first-order chi connectivity index (χ1) is 9.10. The molecule has 19 heavy (non-hydrogen) atoms. The first-order valence-corrected chi connectivity index (χ1v) is 5.78. The molecule has 7 heteroatoms. The van der Waals surface area contributed by atoms with Crippen LogP contribution in [-0.2, 0) is 9.59 Å². The molecule has 1 aliphatic heterocycles. The largest absolute Gasteiger partial charge is 0.506 e. The summed E-state index contributed by atoms with van der Waals surface area (Å²) in [5, 5.41) is 17.6. The molecule has 7 nitrogen and oxygen atoms in total. The molecule has 0 aliphatic carbocycles. The molecular weight excluding hydrogens is 250 g/mol. The number of hydrogen-bond donors (Lipinski definition) is 4. The molecule has 4 N–H and O–H groups in total. The number of phenols is 1. The second-order valence-corrected chi connectivity index (χ2v) is 4.11. The van der Waals surface area contributed by atoms with Crippen LogP contribution in [0.15, 0.2) is 18.2 Å². The van der Waals surface area contributed by atoms with Gasteiger partial charge >= 0.3 is 0 Å². The molecule has 0 spiro atoms. The number of phenolic OH excluding ortho intramolecular Hbond substituents is 1. The smallest absolute Gasteiger partial charge is 0.243 e. The van der Waals surface area contributed by atoms with Gasteiger partial charge in [0, 0.05) is 12.6 Å². The van der Waals surface area contributed by atoms with Crippen LogP contribution in [0.3, 0.4) is 0 Å². The number of aromatic hydroxyl groups is 1. The highest BCUT2D eigenvalue weighted by atomic mass is 16.5. The van der Waals surface area contributed by atoms with Crippen molar-refractivity contribution in [2.24, 2.45) is 0 Å².